The molecule has 1 aromatic heterocycles. The summed E-state index contributed by atoms with van der Waals surface area (Å²) in [4.78, 5) is 19.7. The summed E-state index contributed by atoms with van der Waals surface area (Å²) in [5.41, 5.74) is -3.35. The summed E-state index contributed by atoms with van der Waals surface area (Å²) >= 11 is 1.17. The maximum atomic E-state index is 14.1. The van der Waals surface area contributed by atoms with Crippen LogP contribution < -0.4 is 4.74 Å². The zero-order valence-corrected chi connectivity index (χ0v) is 27.4. The van der Waals surface area contributed by atoms with Gasteiger partial charge in [-0.3, -0.25) is 4.90 Å². The van der Waals surface area contributed by atoms with Crippen molar-refractivity contribution < 1.29 is 45.3 Å². The molecule has 13 heteroatoms. The fourth-order valence-electron chi connectivity index (χ4n) is 5.26. The highest BCUT2D eigenvalue weighted by Gasteiger charge is 2.55. The number of aryl methyl sites for hydroxylation is 1. The molecular formula is C33H38F6N2O4S. The van der Waals surface area contributed by atoms with Gasteiger partial charge in [-0.2, -0.15) is 26.3 Å². The van der Waals surface area contributed by atoms with Crippen molar-refractivity contribution in [2.75, 3.05) is 13.2 Å². The van der Waals surface area contributed by atoms with Gasteiger partial charge in [0, 0.05) is 6.20 Å². The molecule has 0 radical (unpaired) electrons. The molecular weight excluding hydrogens is 634 g/mol. The Bertz CT molecular complexity index is 1510. The Hall–Kier alpha value is -3.32. The van der Waals surface area contributed by atoms with Crippen LogP contribution in [0.25, 0.3) is 10.4 Å². The van der Waals surface area contributed by atoms with Crippen LogP contribution in [0.15, 0.2) is 48.7 Å². The lowest BCUT2D eigenvalue weighted by Gasteiger charge is -2.39. The Morgan fingerprint density at radius 1 is 0.957 bits per heavy atom. The fraction of sp³-hybridized carbons (Fsp3) is 0.515. The van der Waals surface area contributed by atoms with Crippen LogP contribution in [-0.2, 0) is 33.8 Å². The van der Waals surface area contributed by atoms with E-state index < -0.39 is 46.4 Å². The van der Waals surface area contributed by atoms with Crippen LogP contribution in [0.2, 0.25) is 0 Å². The van der Waals surface area contributed by atoms with Gasteiger partial charge in [-0.15, -0.1) is 11.3 Å². The molecule has 1 aliphatic rings. The van der Waals surface area contributed by atoms with Crippen molar-refractivity contribution in [3.05, 3.63) is 70.4 Å². The fourth-order valence-corrected chi connectivity index (χ4v) is 6.30. The first-order valence-electron chi connectivity index (χ1n) is 14.8. The lowest BCUT2D eigenvalue weighted by atomic mass is 10.0. The van der Waals surface area contributed by atoms with E-state index in [4.69, 9.17) is 14.2 Å². The number of carbonyl (C=O) groups excluding carboxylic acids is 1. The molecule has 1 unspecified atom stereocenters. The van der Waals surface area contributed by atoms with Gasteiger partial charge in [0.15, 0.2) is 0 Å². The molecule has 0 N–H and O–H groups in total. The number of unbranched alkanes of at least 4 members (excludes halogenated alkanes) is 2. The molecule has 6 nitrogen and oxygen atoms in total. The molecule has 1 aliphatic heterocycles. The minimum absolute atomic E-state index is 0.0504. The normalized spacial score (nSPS) is 18.6. The van der Waals surface area contributed by atoms with Gasteiger partial charge in [-0.05, 0) is 109 Å². The monoisotopic (exact) mass is 672 g/mol. The smallest absolute Gasteiger partial charge is 0.419 e. The number of alkyl halides is 6. The second-order valence-corrected chi connectivity index (χ2v) is 13.9. The lowest BCUT2D eigenvalue weighted by Crippen LogP contribution is -2.53. The van der Waals surface area contributed by atoms with Crippen molar-refractivity contribution in [3.8, 4) is 16.2 Å². The summed E-state index contributed by atoms with van der Waals surface area (Å²) in [6.07, 6.45) is -5.86. The second kappa shape index (κ2) is 13.1. The zero-order chi connectivity index (χ0) is 34.1. The third kappa shape index (κ3) is 8.33. The van der Waals surface area contributed by atoms with Crippen molar-refractivity contribution in [3.63, 3.8) is 0 Å². The maximum absolute atomic E-state index is 14.1. The first-order valence-corrected chi connectivity index (χ1v) is 15.7. The highest BCUT2D eigenvalue weighted by atomic mass is 32.1. The van der Waals surface area contributed by atoms with Crippen LogP contribution in [-0.4, -0.2) is 40.5 Å². The molecule has 0 bridgehead atoms. The van der Waals surface area contributed by atoms with Crippen LogP contribution in [0, 0.1) is 0 Å². The Balaban J connectivity index is 1.42. The Kier molecular flexibility index (Phi) is 10.1. The second-order valence-electron chi connectivity index (χ2n) is 12.9. The van der Waals surface area contributed by atoms with Crippen LogP contribution >= 0.6 is 11.3 Å². The van der Waals surface area contributed by atoms with Gasteiger partial charge >= 0.3 is 18.4 Å². The number of ether oxygens (including phenoxy) is 3. The van der Waals surface area contributed by atoms with Gasteiger partial charge in [0.05, 0.1) is 29.2 Å². The summed E-state index contributed by atoms with van der Waals surface area (Å²) in [5, 5.41) is 0.490. The predicted molar refractivity (Wildman–Crippen MR) is 163 cm³/mol. The van der Waals surface area contributed by atoms with Crippen LogP contribution in [0.4, 0.5) is 31.1 Å². The topological polar surface area (TPSA) is 60.9 Å². The Morgan fingerprint density at radius 3 is 2.24 bits per heavy atom. The van der Waals surface area contributed by atoms with Gasteiger partial charge in [0.1, 0.15) is 27.6 Å². The third-order valence-electron chi connectivity index (χ3n) is 7.50. The number of hydrogen-bond donors (Lipinski definition) is 0. The zero-order valence-electron chi connectivity index (χ0n) is 26.6. The van der Waals surface area contributed by atoms with Crippen LogP contribution in [0.1, 0.15) is 82.5 Å². The number of benzene rings is 2. The molecule has 252 valence electrons. The molecule has 1 fully saturated rings. The Morgan fingerprint density at radius 2 is 1.63 bits per heavy atom. The summed E-state index contributed by atoms with van der Waals surface area (Å²) in [5.74, 6) is -0.294. The van der Waals surface area contributed by atoms with E-state index in [1.807, 2.05) is 0 Å². The number of amides is 1. The number of nitrogens with zero attached hydrogens (tertiary/aromatic N) is 2. The third-order valence-corrected chi connectivity index (χ3v) is 8.80. The van der Waals surface area contributed by atoms with E-state index in [2.05, 4.69) is 4.98 Å². The van der Waals surface area contributed by atoms with Gasteiger partial charge in [0.25, 0.3) is 0 Å². The molecule has 2 heterocycles. The van der Waals surface area contributed by atoms with E-state index in [0.29, 0.717) is 41.1 Å². The first kappa shape index (κ1) is 35.5. The summed E-state index contributed by atoms with van der Waals surface area (Å²) in [6.45, 7) is 10.7. The predicted octanol–water partition coefficient (Wildman–Crippen LogP) is 9.86. The van der Waals surface area contributed by atoms with Crippen molar-refractivity contribution in [2.45, 2.75) is 96.4 Å². The van der Waals surface area contributed by atoms with Gasteiger partial charge in [0.2, 0.25) is 0 Å². The minimum atomic E-state index is -4.68. The molecule has 0 aliphatic carbocycles. The first-order chi connectivity index (χ1) is 21.2. The lowest BCUT2D eigenvalue weighted by molar-refractivity contribution is -0.139. The highest BCUT2D eigenvalue weighted by molar-refractivity contribution is 7.15. The number of aromatic nitrogens is 1. The largest absolute Gasteiger partial charge is 0.493 e. The van der Waals surface area contributed by atoms with Gasteiger partial charge in [-0.1, -0.05) is 12.1 Å². The number of thiazole rings is 1. The van der Waals surface area contributed by atoms with Crippen molar-refractivity contribution >= 4 is 17.4 Å². The molecule has 1 atom stereocenters. The number of halogens is 6. The van der Waals surface area contributed by atoms with E-state index >= 15 is 0 Å². The van der Waals surface area contributed by atoms with Gasteiger partial charge in [-0.25, -0.2) is 9.78 Å². The summed E-state index contributed by atoms with van der Waals surface area (Å²) in [6, 6.07) is 8.80. The molecule has 1 saturated heterocycles. The average molecular weight is 673 g/mol. The molecule has 46 heavy (non-hydrogen) atoms. The quantitative estimate of drug-likeness (QED) is 0.167. The Labute approximate surface area is 268 Å². The molecule has 2 aromatic carbocycles. The molecule has 0 spiro atoms. The number of carbonyl (C=O) groups is 1. The number of hydrogen-bond acceptors (Lipinski definition) is 6. The van der Waals surface area contributed by atoms with E-state index in [1.165, 1.54) is 46.7 Å². The van der Waals surface area contributed by atoms with E-state index in [9.17, 15) is 31.1 Å². The van der Waals surface area contributed by atoms with E-state index in [-0.39, 0.29) is 19.0 Å². The molecule has 1 amide bonds. The summed E-state index contributed by atoms with van der Waals surface area (Å²) < 4.78 is 97.6. The summed E-state index contributed by atoms with van der Waals surface area (Å²) in [7, 11) is 0. The van der Waals surface area contributed by atoms with Gasteiger partial charge < -0.3 is 14.2 Å². The standard InChI is InChI=1S/C33H38F6N2O4S/c1-29(2,3)45-28(42)41-30(4,5)44-20-31(41,6)27-40-19-26(46-27)22-13-16-25(24(18-22)33(37,38)39)43-17-9-7-8-10-21-11-14-23(15-12-21)32(34,35)36/h11-16,18-19H,7-10,17,20H2,1-6H3. The average Bonchev–Trinajstić information content (AvgIpc) is 3.52. The van der Waals surface area contributed by atoms with Crippen LogP contribution in [0.3, 0.4) is 0 Å². The van der Waals surface area contributed by atoms with E-state index in [1.54, 1.807) is 41.5 Å². The SMILES string of the molecule is CC(C)(C)OC(=O)N1C(C)(C)OCC1(C)c1ncc(-c2ccc(OCCCCCc3ccc(C(F)(F)F)cc3)c(C(F)(F)F)c2)s1. The minimum Gasteiger partial charge on any atom is -0.493 e. The number of rotatable bonds is 9. The molecule has 0 saturated carbocycles. The van der Waals surface area contributed by atoms with Crippen molar-refractivity contribution in [1.29, 1.82) is 0 Å². The maximum Gasteiger partial charge on any atom is 0.419 e. The molecule has 3 aromatic rings. The van der Waals surface area contributed by atoms with E-state index in [0.717, 1.165) is 23.8 Å². The van der Waals surface area contributed by atoms with Crippen molar-refractivity contribution in [1.82, 2.24) is 9.88 Å². The molecule has 4 rings (SSSR count). The van der Waals surface area contributed by atoms with Crippen molar-refractivity contribution in [2.24, 2.45) is 0 Å². The highest BCUT2D eigenvalue weighted by Crippen LogP contribution is 2.46. The van der Waals surface area contributed by atoms with Crippen LogP contribution in [0.5, 0.6) is 5.75 Å².